The Morgan fingerprint density at radius 3 is 2.25 bits per heavy atom. The van der Waals surface area contributed by atoms with Crippen molar-refractivity contribution in [3.8, 4) is 5.75 Å². The van der Waals surface area contributed by atoms with Gasteiger partial charge in [0.25, 0.3) is 11.8 Å². The summed E-state index contributed by atoms with van der Waals surface area (Å²) in [6, 6.07) is 11.3. The molecule has 0 fully saturated rings. The molecule has 2 aromatic carbocycles. The summed E-state index contributed by atoms with van der Waals surface area (Å²) >= 11 is 11.8. The molecule has 0 bridgehead atoms. The predicted molar refractivity (Wildman–Crippen MR) is 89.8 cm³/mol. The minimum atomic E-state index is -1.04. The quantitative estimate of drug-likeness (QED) is 0.827. The largest absolute Gasteiger partial charge is 0.489 e. The van der Waals surface area contributed by atoms with Gasteiger partial charge in [-0.1, -0.05) is 35.3 Å². The van der Waals surface area contributed by atoms with Crippen LogP contribution in [0.25, 0.3) is 0 Å². The van der Waals surface area contributed by atoms with Crippen molar-refractivity contribution < 1.29 is 19.4 Å². The van der Waals surface area contributed by atoms with E-state index < -0.39 is 17.9 Å². The maximum Gasteiger partial charge on any atom is 0.261 e. The van der Waals surface area contributed by atoms with E-state index in [1.165, 1.54) is 6.07 Å². The second-order valence-electron chi connectivity index (χ2n) is 5.31. The van der Waals surface area contributed by atoms with E-state index in [0.29, 0.717) is 26.9 Å². The average Bonchev–Trinajstić information content (AvgIpc) is 2.79. The number of ether oxygens (including phenoxy) is 1. The van der Waals surface area contributed by atoms with Crippen molar-refractivity contribution in [2.75, 3.05) is 13.2 Å². The zero-order valence-electron chi connectivity index (χ0n) is 12.4. The van der Waals surface area contributed by atoms with Gasteiger partial charge in [0, 0.05) is 5.02 Å². The number of carbonyl (C=O) groups excluding carboxylic acids is 2. The van der Waals surface area contributed by atoms with Crippen molar-refractivity contribution in [1.29, 1.82) is 0 Å². The number of carbonyl (C=O) groups is 2. The molecule has 1 heterocycles. The van der Waals surface area contributed by atoms with Gasteiger partial charge >= 0.3 is 0 Å². The lowest BCUT2D eigenvalue weighted by atomic mass is 10.1. The molecule has 1 atom stereocenters. The van der Waals surface area contributed by atoms with E-state index in [2.05, 4.69) is 0 Å². The van der Waals surface area contributed by atoms with Crippen LogP contribution in [-0.2, 0) is 0 Å². The zero-order chi connectivity index (χ0) is 17.3. The SMILES string of the molecule is O=C1c2ccccc2C(=O)N1C[C@@H](O)COc1ccc(Cl)cc1Cl. The van der Waals surface area contributed by atoms with Crippen LogP contribution in [0.5, 0.6) is 5.75 Å². The number of aliphatic hydroxyl groups is 1. The highest BCUT2D eigenvalue weighted by Crippen LogP contribution is 2.28. The van der Waals surface area contributed by atoms with Crippen molar-refractivity contribution in [1.82, 2.24) is 4.90 Å². The van der Waals surface area contributed by atoms with Gasteiger partial charge in [-0.3, -0.25) is 14.5 Å². The fourth-order valence-electron chi connectivity index (χ4n) is 2.45. The normalized spacial score (nSPS) is 14.7. The van der Waals surface area contributed by atoms with Crippen LogP contribution in [0, 0.1) is 0 Å². The Labute approximate surface area is 148 Å². The Bertz CT molecular complexity index is 774. The van der Waals surface area contributed by atoms with Gasteiger partial charge in [0.15, 0.2) is 0 Å². The molecular weight excluding hydrogens is 353 g/mol. The number of imide groups is 1. The lowest BCUT2D eigenvalue weighted by Gasteiger charge is -2.19. The summed E-state index contributed by atoms with van der Waals surface area (Å²) in [7, 11) is 0. The first-order valence-electron chi connectivity index (χ1n) is 7.18. The van der Waals surface area contributed by atoms with Crippen LogP contribution in [0.3, 0.4) is 0 Å². The van der Waals surface area contributed by atoms with Gasteiger partial charge in [-0.25, -0.2) is 0 Å². The topological polar surface area (TPSA) is 66.8 Å². The van der Waals surface area contributed by atoms with E-state index in [1.54, 1.807) is 36.4 Å². The summed E-state index contributed by atoms with van der Waals surface area (Å²) in [6.07, 6.45) is -1.04. The monoisotopic (exact) mass is 365 g/mol. The molecule has 1 aliphatic heterocycles. The van der Waals surface area contributed by atoms with Gasteiger partial charge in [0.2, 0.25) is 0 Å². The summed E-state index contributed by atoms with van der Waals surface area (Å²) in [5.74, 6) is -0.471. The Balaban J connectivity index is 1.63. The van der Waals surface area contributed by atoms with E-state index in [0.717, 1.165) is 4.90 Å². The number of hydrogen-bond acceptors (Lipinski definition) is 4. The number of fused-ring (bicyclic) bond motifs is 1. The number of β-amino-alcohol motifs (C(OH)–C–C–N with tert-alkyl or cyclic N) is 1. The molecule has 3 rings (SSSR count). The van der Waals surface area contributed by atoms with Crippen molar-refractivity contribution >= 4 is 35.0 Å². The van der Waals surface area contributed by atoms with Crippen molar-refractivity contribution in [3.63, 3.8) is 0 Å². The molecule has 0 saturated heterocycles. The highest BCUT2D eigenvalue weighted by Gasteiger charge is 2.36. The second-order valence-corrected chi connectivity index (χ2v) is 6.15. The molecule has 0 saturated carbocycles. The van der Waals surface area contributed by atoms with Crippen molar-refractivity contribution in [3.05, 3.63) is 63.6 Å². The molecule has 2 amide bonds. The summed E-state index contributed by atoms with van der Waals surface area (Å²) < 4.78 is 5.42. The molecule has 0 radical (unpaired) electrons. The zero-order valence-corrected chi connectivity index (χ0v) is 13.9. The Kier molecular flexibility index (Phi) is 4.76. The molecule has 24 heavy (non-hydrogen) atoms. The number of aliphatic hydroxyl groups excluding tert-OH is 1. The predicted octanol–water partition coefficient (Wildman–Crippen LogP) is 3.03. The minimum Gasteiger partial charge on any atom is -0.489 e. The fourth-order valence-corrected chi connectivity index (χ4v) is 2.91. The maximum atomic E-state index is 12.2. The van der Waals surface area contributed by atoms with E-state index in [-0.39, 0.29) is 13.2 Å². The molecule has 0 spiro atoms. The van der Waals surface area contributed by atoms with Gasteiger partial charge in [-0.15, -0.1) is 0 Å². The Morgan fingerprint density at radius 2 is 1.67 bits per heavy atom. The van der Waals surface area contributed by atoms with E-state index >= 15 is 0 Å². The molecule has 0 aliphatic carbocycles. The lowest BCUT2D eigenvalue weighted by Crippen LogP contribution is -2.39. The van der Waals surface area contributed by atoms with E-state index in [4.69, 9.17) is 27.9 Å². The van der Waals surface area contributed by atoms with Gasteiger partial charge in [0.1, 0.15) is 18.5 Å². The van der Waals surface area contributed by atoms with Crippen molar-refractivity contribution in [2.24, 2.45) is 0 Å². The van der Waals surface area contributed by atoms with Crippen LogP contribution >= 0.6 is 23.2 Å². The number of nitrogens with zero attached hydrogens (tertiary/aromatic N) is 1. The van der Waals surface area contributed by atoms with Crippen LogP contribution < -0.4 is 4.74 Å². The van der Waals surface area contributed by atoms with Gasteiger partial charge in [-0.05, 0) is 30.3 Å². The van der Waals surface area contributed by atoms with Gasteiger partial charge in [0.05, 0.1) is 22.7 Å². The van der Waals surface area contributed by atoms with E-state index in [9.17, 15) is 14.7 Å². The first-order valence-corrected chi connectivity index (χ1v) is 7.94. The highest BCUT2D eigenvalue weighted by atomic mass is 35.5. The number of rotatable bonds is 5. The number of amides is 2. The number of benzene rings is 2. The maximum absolute atomic E-state index is 12.2. The first-order chi connectivity index (χ1) is 11.5. The molecule has 1 N–H and O–H groups in total. The number of halogens is 2. The third-order valence-corrected chi connectivity index (χ3v) is 4.13. The molecule has 7 heteroatoms. The Hall–Kier alpha value is -2.08. The van der Waals surface area contributed by atoms with Crippen molar-refractivity contribution in [2.45, 2.75) is 6.10 Å². The molecule has 2 aromatic rings. The molecular formula is C17H13Cl2NO4. The smallest absolute Gasteiger partial charge is 0.261 e. The van der Waals surface area contributed by atoms with Gasteiger partial charge < -0.3 is 9.84 Å². The van der Waals surface area contributed by atoms with Crippen LogP contribution in [-0.4, -0.2) is 41.1 Å². The third kappa shape index (κ3) is 3.24. The molecule has 0 unspecified atom stereocenters. The molecule has 0 aromatic heterocycles. The standard InChI is InChI=1S/C17H13Cl2NO4/c18-10-5-6-15(14(19)7-10)24-9-11(21)8-20-16(22)12-3-1-2-4-13(12)17(20)23/h1-7,11,21H,8-9H2/t11-/m1/s1. The fraction of sp³-hybridized carbons (Fsp3) is 0.176. The van der Waals surface area contributed by atoms with Crippen LogP contribution in [0.1, 0.15) is 20.7 Å². The molecule has 1 aliphatic rings. The molecule has 5 nitrogen and oxygen atoms in total. The van der Waals surface area contributed by atoms with Crippen LogP contribution in [0.15, 0.2) is 42.5 Å². The molecule has 124 valence electrons. The second kappa shape index (κ2) is 6.81. The van der Waals surface area contributed by atoms with Gasteiger partial charge in [-0.2, -0.15) is 0 Å². The minimum absolute atomic E-state index is 0.116. The Morgan fingerprint density at radius 1 is 1.04 bits per heavy atom. The number of hydrogen-bond donors (Lipinski definition) is 1. The lowest BCUT2D eigenvalue weighted by molar-refractivity contribution is 0.0457. The highest BCUT2D eigenvalue weighted by molar-refractivity contribution is 6.35. The van der Waals surface area contributed by atoms with Crippen LogP contribution in [0.2, 0.25) is 10.0 Å². The first kappa shape index (κ1) is 16.8. The summed E-state index contributed by atoms with van der Waals surface area (Å²) in [4.78, 5) is 25.5. The van der Waals surface area contributed by atoms with E-state index in [1.807, 2.05) is 0 Å². The third-order valence-electron chi connectivity index (χ3n) is 3.60. The average molecular weight is 366 g/mol. The summed E-state index contributed by atoms with van der Waals surface area (Å²) in [5.41, 5.74) is 0.688. The van der Waals surface area contributed by atoms with Crippen LogP contribution in [0.4, 0.5) is 0 Å². The summed E-state index contributed by atoms with van der Waals surface area (Å²) in [6.45, 7) is -0.272. The summed E-state index contributed by atoms with van der Waals surface area (Å²) in [5, 5.41) is 10.9.